The molecule has 1 fully saturated rings. The highest BCUT2D eigenvalue weighted by molar-refractivity contribution is 6.35. The third kappa shape index (κ3) is 1.83. The van der Waals surface area contributed by atoms with Crippen LogP contribution in [-0.2, 0) is 6.42 Å². The van der Waals surface area contributed by atoms with E-state index in [1.807, 2.05) is 12.1 Å². The molecule has 0 saturated heterocycles. The Morgan fingerprint density at radius 2 is 1.93 bits per heavy atom. The number of benzene rings is 1. The van der Waals surface area contributed by atoms with Gasteiger partial charge in [-0.3, -0.25) is 0 Å². The maximum absolute atomic E-state index is 6.17. The molecule has 3 heteroatoms. The van der Waals surface area contributed by atoms with Gasteiger partial charge in [-0.2, -0.15) is 0 Å². The number of hydrogen-bond acceptors (Lipinski definition) is 1. The highest BCUT2D eigenvalue weighted by Gasteiger charge is 2.33. The van der Waals surface area contributed by atoms with E-state index in [1.54, 1.807) is 0 Å². The Kier molecular flexibility index (Phi) is 2.33. The lowest BCUT2D eigenvalue weighted by Crippen LogP contribution is -2.27. The van der Waals surface area contributed by atoms with Gasteiger partial charge in [-0.1, -0.05) is 23.2 Å². The standard InChI is InChI=1S/C12H13Cl2N/c13-8-5-10(14)9-3-4-11(7-1-2-7)15-12(9)6-8/h5-7,11,15H,1-4H2. The van der Waals surface area contributed by atoms with Crippen LogP contribution in [0.4, 0.5) is 5.69 Å². The maximum Gasteiger partial charge on any atom is 0.0473 e. The van der Waals surface area contributed by atoms with Crippen molar-refractivity contribution in [2.24, 2.45) is 5.92 Å². The Balaban J connectivity index is 1.93. The van der Waals surface area contributed by atoms with Gasteiger partial charge in [0.05, 0.1) is 0 Å². The van der Waals surface area contributed by atoms with Crippen LogP contribution in [0, 0.1) is 5.92 Å². The van der Waals surface area contributed by atoms with Gasteiger partial charge in [0.1, 0.15) is 0 Å². The molecular formula is C12H13Cl2N. The van der Waals surface area contributed by atoms with Gasteiger partial charge in [0.25, 0.3) is 0 Å². The molecule has 0 spiro atoms. The number of hydrogen-bond donors (Lipinski definition) is 1. The molecule has 0 aromatic heterocycles. The lowest BCUT2D eigenvalue weighted by molar-refractivity contribution is 0.570. The number of anilines is 1. The van der Waals surface area contributed by atoms with E-state index < -0.39 is 0 Å². The van der Waals surface area contributed by atoms with E-state index in [0.717, 1.165) is 28.1 Å². The van der Waals surface area contributed by atoms with Crippen LogP contribution in [0.15, 0.2) is 12.1 Å². The van der Waals surface area contributed by atoms with Crippen molar-refractivity contribution in [1.82, 2.24) is 0 Å². The Morgan fingerprint density at radius 3 is 2.67 bits per heavy atom. The predicted octanol–water partition coefficient (Wildman–Crippen LogP) is 4.13. The quantitative estimate of drug-likeness (QED) is 0.780. The summed E-state index contributed by atoms with van der Waals surface area (Å²) < 4.78 is 0. The molecule has 0 bridgehead atoms. The van der Waals surface area contributed by atoms with Crippen LogP contribution < -0.4 is 5.32 Å². The van der Waals surface area contributed by atoms with E-state index in [4.69, 9.17) is 23.2 Å². The van der Waals surface area contributed by atoms with Gasteiger partial charge in [-0.15, -0.1) is 0 Å². The second kappa shape index (κ2) is 3.57. The number of fused-ring (bicyclic) bond motifs is 1. The zero-order valence-electron chi connectivity index (χ0n) is 8.39. The smallest absolute Gasteiger partial charge is 0.0473 e. The second-order valence-electron chi connectivity index (χ2n) is 4.54. The molecule has 0 amide bonds. The van der Waals surface area contributed by atoms with Crippen molar-refractivity contribution in [2.75, 3.05) is 5.32 Å². The van der Waals surface area contributed by atoms with Gasteiger partial charge in [0.15, 0.2) is 0 Å². The third-order valence-corrected chi connectivity index (χ3v) is 3.95. The van der Waals surface area contributed by atoms with Crippen LogP contribution in [0.3, 0.4) is 0 Å². The summed E-state index contributed by atoms with van der Waals surface area (Å²) in [4.78, 5) is 0. The molecule has 80 valence electrons. The van der Waals surface area contributed by atoms with E-state index in [9.17, 15) is 0 Å². The minimum absolute atomic E-state index is 0.645. The summed E-state index contributed by atoms with van der Waals surface area (Å²) in [6.07, 6.45) is 5.04. The minimum Gasteiger partial charge on any atom is -0.382 e. The fourth-order valence-corrected chi connectivity index (χ4v) is 3.00. The first-order chi connectivity index (χ1) is 7.24. The van der Waals surface area contributed by atoms with Crippen LogP contribution >= 0.6 is 23.2 Å². The average Bonchev–Trinajstić information content (AvgIpc) is 2.99. The topological polar surface area (TPSA) is 12.0 Å². The molecule has 15 heavy (non-hydrogen) atoms. The minimum atomic E-state index is 0.645. The lowest BCUT2D eigenvalue weighted by Gasteiger charge is -2.27. The third-order valence-electron chi connectivity index (χ3n) is 3.40. The molecule has 1 nitrogen and oxygen atoms in total. The molecule has 1 aromatic rings. The second-order valence-corrected chi connectivity index (χ2v) is 5.38. The molecule has 1 atom stereocenters. The van der Waals surface area contributed by atoms with Gasteiger partial charge in [-0.05, 0) is 49.3 Å². The van der Waals surface area contributed by atoms with Gasteiger partial charge in [-0.25, -0.2) is 0 Å². The lowest BCUT2D eigenvalue weighted by atomic mass is 9.95. The van der Waals surface area contributed by atoms with E-state index in [0.29, 0.717) is 6.04 Å². The van der Waals surface area contributed by atoms with Crippen molar-refractivity contribution in [3.05, 3.63) is 27.7 Å². The van der Waals surface area contributed by atoms with Gasteiger partial charge in [0, 0.05) is 21.8 Å². The van der Waals surface area contributed by atoms with Crippen molar-refractivity contribution in [3.8, 4) is 0 Å². The van der Waals surface area contributed by atoms with Crippen LogP contribution in [0.1, 0.15) is 24.8 Å². The van der Waals surface area contributed by atoms with Crippen molar-refractivity contribution in [3.63, 3.8) is 0 Å². The Hall–Kier alpha value is -0.400. The van der Waals surface area contributed by atoms with E-state index in [2.05, 4.69) is 5.32 Å². The maximum atomic E-state index is 6.17. The Bertz CT molecular complexity index is 399. The van der Waals surface area contributed by atoms with Crippen molar-refractivity contribution in [2.45, 2.75) is 31.7 Å². The summed E-state index contributed by atoms with van der Waals surface area (Å²) in [7, 11) is 0. The van der Waals surface area contributed by atoms with E-state index in [-0.39, 0.29) is 0 Å². The van der Waals surface area contributed by atoms with Gasteiger partial charge in [0.2, 0.25) is 0 Å². The molecule has 1 unspecified atom stereocenters. The molecule has 1 aliphatic carbocycles. The Labute approximate surface area is 99.8 Å². The number of halogens is 2. The average molecular weight is 242 g/mol. The molecule has 1 saturated carbocycles. The molecule has 1 aromatic carbocycles. The molecule has 2 aliphatic rings. The monoisotopic (exact) mass is 241 g/mol. The molecular weight excluding hydrogens is 229 g/mol. The summed E-state index contributed by atoms with van der Waals surface area (Å²) in [5.41, 5.74) is 2.38. The fraction of sp³-hybridized carbons (Fsp3) is 0.500. The number of rotatable bonds is 1. The van der Waals surface area contributed by atoms with Crippen molar-refractivity contribution >= 4 is 28.9 Å². The van der Waals surface area contributed by atoms with Crippen molar-refractivity contribution in [1.29, 1.82) is 0 Å². The molecule has 1 heterocycles. The van der Waals surface area contributed by atoms with Gasteiger partial charge >= 0.3 is 0 Å². The van der Waals surface area contributed by atoms with Crippen molar-refractivity contribution < 1.29 is 0 Å². The first-order valence-corrected chi connectivity index (χ1v) is 6.24. The van der Waals surface area contributed by atoms with Crippen LogP contribution in [0.5, 0.6) is 0 Å². The summed E-state index contributed by atoms with van der Waals surface area (Å²) >= 11 is 12.2. The first-order valence-electron chi connectivity index (χ1n) is 5.48. The molecule has 0 radical (unpaired) electrons. The molecule has 1 N–H and O–H groups in total. The fourth-order valence-electron chi connectivity index (χ4n) is 2.41. The molecule has 1 aliphatic heterocycles. The van der Waals surface area contributed by atoms with Gasteiger partial charge < -0.3 is 5.32 Å². The highest BCUT2D eigenvalue weighted by atomic mass is 35.5. The summed E-state index contributed by atoms with van der Waals surface area (Å²) in [6.45, 7) is 0. The summed E-state index contributed by atoms with van der Waals surface area (Å²) in [6, 6.07) is 4.48. The van der Waals surface area contributed by atoms with Crippen LogP contribution in [-0.4, -0.2) is 6.04 Å². The van der Waals surface area contributed by atoms with Crippen LogP contribution in [0.2, 0.25) is 10.0 Å². The largest absolute Gasteiger partial charge is 0.382 e. The van der Waals surface area contributed by atoms with E-state index in [1.165, 1.54) is 24.8 Å². The van der Waals surface area contributed by atoms with E-state index >= 15 is 0 Å². The zero-order chi connectivity index (χ0) is 10.4. The summed E-state index contributed by atoms with van der Waals surface area (Å²) in [5, 5.41) is 5.10. The predicted molar refractivity (Wildman–Crippen MR) is 64.9 cm³/mol. The Morgan fingerprint density at radius 1 is 1.13 bits per heavy atom. The zero-order valence-corrected chi connectivity index (χ0v) is 9.91. The first kappa shape index (κ1) is 9.80. The van der Waals surface area contributed by atoms with Crippen LogP contribution in [0.25, 0.3) is 0 Å². The number of nitrogens with one attached hydrogen (secondary N) is 1. The molecule has 3 rings (SSSR count). The highest BCUT2D eigenvalue weighted by Crippen LogP contribution is 2.41. The SMILES string of the molecule is Clc1cc(Cl)c2c(c1)NC(C1CC1)CC2. The summed E-state index contributed by atoms with van der Waals surface area (Å²) in [5.74, 6) is 0.885. The normalized spacial score (nSPS) is 24.5.